The lowest BCUT2D eigenvalue weighted by atomic mass is 10.4. The molecule has 1 rings (SSSR count). The molecule has 0 fully saturated rings. The van der Waals surface area contributed by atoms with E-state index in [0.29, 0.717) is 19.4 Å². The van der Waals surface area contributed by atoms with Crippen LogP contribution in [0, 0.1) is 0 Å². The van der Waals surface area contributed by atoms with Crippen molar-refractivity contribution in [3.63, 3.8) is 0 Å². The maximum absolute atomic E-state index is 12.1. The van der Waals surface area contributed by atoms with Gasteiger partial charge in [0.25, 0.3) is 0 Å². The number of aldehydes is 1. The number of hydrogen-bond donors (Lipinski definition) is 0. The van der Waals surface area contributed by atoms with Gasteiger partial charge in [0.2, 0.25) is 0 Å². The molecule has 6 nitrogen and oxygen atoms in total. The molecule has 1 aromatic heterocycles. The number of carbonyl (C=O) groups excluding carboxylic acids is 1. The predicted molar refractivity (Wildman–Crippen MR) is 61.8 cm³/mol. The lowest BCUT2D eigenvalue weighted by molar-refractivity contribution is 0.111. The van der Waals surface area contributed by atoms with E-state index in [0.717, 1.165) is 0 Å². The molecule has 0 saturated carbocycles. The molecule has 0 aliphatic carbocycles. The van der Waals surface area contributed by atoms with E-state index in [4.69, 9.17) is 4.74 Å². The van der Waals surface area contributed by atoms with Gasteiger partial charge in [-0.1, -0.05) is 0 Å². The zero-order valence-corrected chi connectivity index (χ0v) is 10.9. The molecule has 0 amide bonds. The number of rotatable bonds is 6. The molecular formula is C10H16N2O4S. The van der Waals surface area contributed by atoms with E-state index in [9.17, 15) is 13.2 Å². The summed E-state index contributed by atoms with van der Waals surface area (Å²) in [5, 5.41) is 3.27. The van der Waals surface area contributed by atoms with Gasteiger partial charge < -0.3 is 4.74 Å². The fourth-order valence-electron chi connectivity index (χ4n) is 1.34. The maximum Gasteiger partial charge on any atom is 0.198 e. The average molecular weight is 260 g/mol. The monoisotopic (exact) mass is 260 g/mol. The van der Waals surface area contributed by atoms with Crippen molar-refractivity contribution in [1.82, 2.24) is 9.78 Å². The van der Waals surface area contributed by atoms with Gasteiger partial charge in [-0.3, -0.25) is 9.48 Å². The molecule has 0 aliphatic heterocycles. The normalized spacial score (nSPS) is 12.0. The van der Waals surface area contributed by atoms with Crippen LogP contribution in [0.2, 0.25) is 0 Å². The van der Waals surface area contributed by atoms with Gasteiger partial charge in [0.1, 0.15) is 0 Å². The van der Waals surface area contributed by atoms with Crippen LogP contribution < -0.4 is 0 Å². The number of aromatic nitrogens is 2. The number of nitrogens with zero attached hydrogens (tertiary/aromatic N) is 2. The first-order valence-electron chi connectivity index (χ1n) is 5.19. The predicted octanol–water partition coefficient (Wildman–Crippen LogP) is 0.524. The topological polar surface area (TPSA) is 78.3 Å². The summed E-state index contributed by atoms with van der Waals surface area (Å²) >= 11 is 0. The highest BCUT2D eigenvalue weighted by Gasteiger charge is 2.27. The third kappa shape index (κ3) is 2.73. The Balaban J connectivity index is 3.28. The van der Waals surface area contributed by atoms with Crippen LogP contribution in [0.3, 0.4) is 0 Å². The summed E-state index contributed by atoms with van der Waals surface area (Å²) in [5.41, 5.74) is 0.0924. The van der Waals surface area contributed by atoms with Crippen molar-refractivity contribution < 1.29 is 17.9 Å². The lowest BCUT2D eigenvalue weighted by Crippen LogP contribution is -2.21. The molecule has 7 heteroatoms. The van der Waals surface area contributed by atoms with Crippen molar-refractivity contribution in [3.05, 3.63) is 11.8 Å². The van der Waals surface area contributed by atoms with Gasteiger partial charge in [0.05, 0.1) is 30.2 Å². The van der Waals surface area contributed by atoms with Crippen LogP contribution in [-0.4, -0.2) is 43.5 Å². The summed E-state index contributed by atoms with van der Waals surface area (Å²) in [6.07, 6.45) is 1.77. The average Bonchev–Trinajstić information content (AvgIpc) is 2.69. The van der Waals surface area contributed by atoms with Gasteiger partial charge in [-0.15, -0.1) is 0 Å². The Hall–Kier alpha value is -1.21. The largest absolute Gasteiger partial charge is 0.383 e. The summed E-state index contributed by atoms with van der Waals surface area (Å²) < 4.78 is 30.4. The van der Waals surface area contributed by atoms with Gasteiger partial charge in [-0.25, -0.2) is 8.42 Å². The van der Waals surface area contributed by atoms with Crippen molar-refractivity contribution in [2.45, 2.75) is 30.7 Å². The minimum atomic E-state index is -3.52. The van der Waals surface area contributed by atoms with Gasteiger partial charge in [-0.2, -0.15) is 5.10 Å². The lowest BCUT2D eigenvalue weighted by Gasteiger charge is -2.11. The Morgan fingerprint density at radius 1 is 1.53 bits per heavy atom. The van der Waals surface area contributed by atoms with E-state index in [1.807, 2.05) is 0 Å². The molecule has 0 N–H and O–H groups in total. The highest BCUT2D eigenvalue weighted by atomic mass is 32.2. The highest BCUT2D eigenvalue weighted by molar-refractivity contribution is 7.92. The Kier molecular flexibility index (Phi) is 4.41. The second-order valence-electron chi connectivity index (χ2n) is 3.83. The van der Waals surface area contributed by atoms with Gasteiger partial charge in [0, 0.05) is 7.11 Å². The Bertz CT molecular complexity index is 490. The highest BCUT2D eigenvalue weighted by Crippen LogP contribution is 2.19. The van der Waals surface area contributed by atoms with Crippen molar-refractivity contribution in [2.75, 3.05) is 13.7 Å². The first-order chi connectivity index (χ1) is 7.95. The minimum Gasteiger partial charge on any atom is -0.383 e. The van der Waals surface area contributed by atoms with Crippen LogP contribution >= 0.6 is 0 Å². The minimum absolute atomic E-state index is 0.0282. The third-order valence-corrected chi connectivity index (χ3v) is 4.57. The molecule has 96 valence electrons. The van der Waals surface area contributed by atoms with Crippen LogP contribution in [0.1, 0.15) is 24.2 Å². The number of methoxy groups -OCH3 is 1. The molecule has 0 aliphatic rings. The Morgan fingerprint density at radius 3 is 2.65 bits per heavy atom. The molecule has 0 radical (unpaired) electrons. The summed E-state index contributed by atoms with van der Waals surface area (Å²) in [7, 11) is -2.01. The molecule has 1 aromatic rings. The Labute approximate surface area is 100 Å². The standard InChI is InChI=1S/C10H16N2O4S/c1-8(2)17(14,15)10-9(7-13)6-11-12(10)4-5-16-3/h6-8H,4-5H2,1-3H3. The second-order valence-corrected chi connectivity index (χ2v) is 6.25. The molecule has 17 heavy (non-hydrogen) atoms. The third-order valence-electron chi connectivity index (χ3n) is 2.34. The second kappa shape index (κ2) is 5.42. The van der Waals surface area contributed by atoms with Crippen LogP contribution in [0.5, 0.6) is 0 Å². The fraction of sp³-hybridized carbons (Fsp3) is 0.600. The van der Waals surface area contributed by atoms with Crippen LogP contribution in [0.25, 0.3) is 0 Å². The van der Waals surface area contributed by atoms with Gasteiger partial charge >= 0.3 is 0 Å². The quantitative estimate of drug-likeness (QED) is 0.697. The zero-order valence-electron chi connectivity index (χ0n) is 10.1. The van der Waals surface area contributed by atoms with Gasteiger partial charge in [0.15, 0.2) is 21.1 Å². The molecule has 0 spiro atoms. The number of hydrogen-bond acceptors (Lipinski definition) is 5. The number of sulfone groups is 1. The summed E-state index contributed by atoms with van der Waals surface area (Å²) in [6.45, 7) is 3.77. The molecular weight excluding hydrogens is 244 g/mol. The molecule has 0 unspecified atom stereocenters. The van der Waals surface area contributed by atoms with E-state index >= 15 is 0 Å². The van der Waals surface area contributed by atoms with E-state index < -0.39 is 15.1 Å². The summed E-state index contributed by atoms with van der Waals surface area (Å²) in [4.78, 5) is 10.8. The van der Waals surface area contributed by atoms with E-state index in [1.54, 1.807) is 13.8 Å². The molecule has 0 bridgehead atoms. The van der Waals surface area contributed by atoms with Crippen molar-refractivity contribution in [3.8, 4) is 0 Å². The molecule has 0 atom stereocenters. The van der Waals surface area contributed by atoms with Crippen LogP contribution in [0.15, 0.2) is 11.2 Å². The number of carbonyl (C=O) groups is 1. The Morgan fingerprint density at radius 2 is 2.18 bits per heavy atom. The van der Waals surface area contributed by atoms with E-state index in [1.165, 1.54) is 18.0 Å². The van der Waals surface area contributed by atoms with Gasteiger partial charge in [-0.05, 0) is 13.8 Å². The van der Waals surface area contributed by atoms with Crippen LogP contribution in [-0.2, 0) is 21.1 Å². The molecule has 1 heterocycles. The van der Waals surface area contributed by atoms with Crippen molar-refractivity contribution in [2.24, 2.45) is 0 Å². The fourth-order valence-corrected chi connectivity index (χ4v) is 2.65. The summed E-state index contributed by atoms with van der Waals surface area (Å²) in [5.74, 6) is 0. The number of ether oxygens (including phenoxy) is 1. The molecule has 0 aromatic carbocycles. The SMILES string of the molecule is COCCn1ncc(C=O)c1S(=O)(=O)C(C)C. The van der Waals surface area contributed by atoms with Crippen molar-refractivity contribution in [1.29, 1.82) is 0 Å². The zero-order chi connectivity index (χ0) is 13.1. The first-order valence-corrected chi connectivity index (χ1v) is 6.73. The maximum atomic E-state index is 12.1. The summed E-state index contributed by atoms with van der Waals surface area (Å²) in [6, 6.07) is 0. The van der Waals surface area contributed by atoms with Crippen LogP contribution in [0.4, 0.5) is 0 Å². The van der Waals surface area contributed by atoms with E-state index in [2.05, 4.69) is 5.10 Å². The van der Waals surface area contributed by atoms with Crippen molar-refractivity contribution >= 4 is 16.1 Å². The first kappa shape index (κ1) is 13.9. The smallest absolute Gasteiger partial charge is 0.198 e. The van der Waals surface area contributed by atoms with E-state index in [-0.39, 0.29) is 10.6 Å². The molecule has 0 saturated heterocycles.